The van der Waals surface area contributed by atoms with Gasteiger partial charge in [0, 0.05) is 42.6 Å². The molecule has 6 heterocycles. The van der Waals surface area contributed by atoms with E-state index in [0.29, 0.717) is 48.2 Å². The van der Waals surface area contributed by atoms with Crippen LogP contribution in [0.2, 0.25) is 0 Å². The molecule has 12 heteroatoms. The zero-order valence-corrected chi connectivity index (χ0v) is 27.2. The fraction of sp³-hybridized carbons (Fsp3) is 0.316. The Morgan fingerprint density at radius 1 is 1.14 bits per heavy atom. The van der Waals surface area contributed by atoms with Crippen molar-refractivity contribution in [3.8, 4) is 35.4 Å². The van der Waals surface area contributed by atoms with Gasteiger partial charge in [0.15, 0.2) is 5.82 Å². The molecule has 2 atom stereocenters. The van der Waals surface area contributed by atoms with Crippen LogP contribution in [0.4, 0.5) is 14.6 Å². The van der Waals surface area contributed by atoms with Gasteiger partial charge in [-0.1, -0.05) is 24.1 Å². The van der Waals surface area contributed by atoms with Crippen LogP contribution >= 0.6 is 0 Å². The molecule has 0 saturated carbocycles. The second kappa shape index (κ2) is 11.2. The molecule has 50 heavy (non-hydrogen) atoms. The molecule has 3 aromatic heterocycles. The number of imidazole rings is 1. The molecule has 0 radical (unpaired) electrons. The molecule has 0 spiro atoms. The first-order valence-corrected chi connectivity index (χ1v) is 16.7. The number of nitrogens with zero attached hydrogens (tertiary/aromatic N) is 5. The Balaban J connectivity index is 1.17. The lowest BCUT2D eigenvalue weighted by Crippen LogP contribution is -2.46. The summed E-state index contributed by atoms with van der Waals surface area (Å²) < 4.78 is 41.8. The quantitative estimate of drug-likeness (QED) is 0.206. The van der Waals surface area contributed by atoms with Gasteiger partial charge >= 0.3 is 11.6 Å². The molecule has 3 aliphatic heterocycles. The molecule has 3 aliphatic rings. The number of aromatic nitrogens is 4. The minimum absolute atomic E-state index is 0.0210. The number of para-hydroxylation sites is 2. The molecule has 0 unspecified atom stereocenters. The summed E-state index contributed by atoms with van der Waals surface area (Å²) in [5.41, 5.74) is 1.65. The van der Waals surface area contributed by atoms with Crippen molar-refractivity contribution in [3.05, 3.63) is 81.7 Å². The highest BCUT2D eigenvalue weighted by Gasteiger charge is 2.49. The lowest BCUT2D eigenvalue weighted by Gasteiger charge is -2.39. The second-order valence-corrected chi connectivity index (χ2v) is 13.7. The maximum atomic E-state index is 15.0. The minimum Gasteiger partial charge on any atom is -0.508 e. The van der Waals surface area contributed by atoms with Gasteiger partial charge in [-0.15, -0.1) is 6.42 Å². The van der Waals surface area contributed by atoms with Gasteiger partial charge in [-0.25, -0.2) is 18.6 Å². The summed E-state index contributed by atoms with van der Waals surface area (Å²) in [5.74, 6) is 3.02. The number of aryl methyl sites for hydroxylation is 1. The molecular formula is C38H32F2N6O4. The van der Waals surface area contributed by atoms with Crippen molar-refractivity contribution in [2.45, 2.75) is 43.8 Å². The molecular weight excluding hydrogens is 642 g/mol. The number of alkyl halides is 1. The van der Waals surface area contributed by atoms with Crippen molar-refractivity contribution in [2.24, 2.45) is 0 Å². The number of hydrogen-bond acceptors (Lipinski definition) is 9. The van der Waals surface area contributed by atoms with Gasteiger partial charge < -0.3 is 24.1 Å². The van der Waals surface area contributed by atoms with Gasteiger partial charge in [0.05, 0.1) is 33.6 Å². The first-order valence-electron chi connectivity index (χ1n) is 16.7. The van der Waals surface area contributed by atoms with Gasteiger partial charge in [0.2, 0.25) is 0 Å². The number of phenols is 1. The van der Waals surface area contributed by atoms with Crippen LogP contribution in [0.15, 0.2) is 57.7 Å². The highest BCUT2D eigenvalue weighted by molar-refractivity contribution is 6.03. The van der Waals surface area contributed by atoms with Gasteiger partial charge in [0.25, 0.3) is 0 Å². The Bertz CT molecular complexity index is 2430. The molecule has 3 aromatic carbocycles. The van der Waals surface area contributed by atoms with Crippen molar-refractivity contribution in [1.29, 1.82) is 0 Å². The third-order valence-electron chi connectivity index (χ3n) is 10.6. The monoisotopic (exact) mass is 674 g/mol. The van der Waals surface area contributed by atoms with E-state index in [0.717, 1.165) is 36.2 Å². The molecule has 3 fully saturated rings. The predicted octanol–water partition coefficient (Wildman–Crippen LogP) is 5.97. The Morgan fingerprint density at radius 2 is 1.98 bits per heavy atom. The molecule has 2 N–H and O–H groups in total. The Kier molecular flexibility index (Phi) is 6.86. The maximum absolute atomic E-state index is 15.0. The van der Waals surface area contributed by atoms with Crippen LogP contribution < -0.4 is 15.3 Å². The van der Waals surface area contributed by atoms with Crippen LogP contribution in [0.3, 0.4) is 0 Å². The van der Waals surface area contributed by atoms with Crippen LogP contribution in [-0.2, 0) is 0 Å². The number of terminal acetylenes is 1. The number of anilines is 1. The molecule has 6 aromatic rings. The SMILES string of the molecule is C#Cc1c(F)ccc2cc(O)cc(-c3oc(=O)c4c(N5CC(c6nc7ccccc7[nH]6)C5)nc(OC[C@@]56CCCN5C[C@H](F)C6)nc4c3C)c12. The number of benzene rings is 3. The summed E-state index contributed by atoms with van der Waals surface area (Å²) in [7, 11) is 0. The largest absolute Gasteiger partial charge is 0.508 e. The first-order chi connectivity index (χ1) is 24.2. The third-order valence-corrected chi connectivity index (χ3v) is 10.6. The van der Waals surface area contributed by atoms with Crippen LogP contribution in [-0.4, -0.2) is 74.4 Å². The average molecular weight is 675 g/mol. The molecule has 3 saturated heterocycles. The summed E-state index contributed by atoms with van der Waals surface area (Å²) in [4.78, 5) is 35.8. The van der Waals surface area contributed by atoms with Crippen LogP contribution in [0.25, 0.3) is 44.0 Å². The summed E-state index contributed by atoms with van der Waals surface area (Å²) >= 11 is 0. The summed E-state index contributed by atoms with van der Waals surface area (Å²) in [6.07, 6.45) is 6.96. The third kappa shape index (κ3) is 4.71. The van der Waals surface area contributed by atoms with Crippen molar-refractivity contribution in [3.63, 3.8) is 0 Å². The number of H-pyrrole nitrogens is 1. The van der Waals surface area contributed by atoms with E-state index in [-0.39, 0.29) is 52.1 Å². The Morgan fingerprint density at radius 3 is 2.80 bits per heavy atom. The fourth-order valence-corrected chi connectivity index (χ4v) is 8.15. The number of hydrogen-bond donors (Lipinski definition) is 2. The fourth-order valence-electron chi connectivity index (χ4n) is 8.15. The summed E-state index contributed by atoms with van der Waals surface area (Å²) in [6, 6.07) is 13.5. The topological polar surface area (TPSA) is 121 Å². The Labute approximate surface area is 284 Å². The van der Waals surface area contributed by atoms with E-state index >= 15 is 0 Å². The standard InChI is InChI=1S/C38H32F2N6O4/c1-3-25-27(40)10-9-21-13-24(47)14-26(30(21)25)33-20(2)32-31(36(48)50-33)35(45-16-22(17-45)34-41-28-7-4-5-8-29(28)42-34)44-37(43-32)49-19-38-11-6-12-46(38)18-23(39)15-38/h1,4-5,7-10,13-14,22-23,47H,6,11-12,15-19H2,2H3,(H,41,42)/t23-,38+/m1/s1. The summed E-state index contributed by atoms with van der Waals surface area (Å²) in [5, 5.41) is 11.6. The number of aromatic hydroxyl groups is 1. The number of phenolic OH excluding ortho intramolecular Hbond substituents is 1. The van der Waals surface area contributed by atoms with E-state index < -0.39 is 23.2 Å². The summed E-state index contributed by atoms with van der Waals surface area (Å²) in [6.45, 7) is 4.18. The van der Waals surface area contributed by atoms with E-state index in [1.807, 2.05) is 29.2 Å². The number of halogens is 2. The smallest absolute Gasteiger partial charge is 0.349 e. The first kappa shape index (κ1) is 30.5. The molecule has 0 bridgehead atoms. The minimum atomic E-state index is -0.924. The van der Waals surface area contributed by atoms with Gasteiger partial charge in [-0.05, 0) is 62.0 Å². The van der Waals surface area contributed by atoms with Gasteiger partial charge in [0.1, 0.15) is 41.3 Å². The lowest BCUT2D eigenvalue weighted by atomic mass is 9.94. The van der Waals surface area contributed by atoms with Crippen molar-refractivity contribution in [2.75, 3.05) is 37.7 Å². The highest BCUT2D eigenvalue weighted by atomic mass is 19.1. The molecule has 0 amide bonds. The molecule has 10 nitrogen and oxygen atoms in total. The molecule has 0 aliphatic carbocycles. The predicted molar refractivity (Wildman–Crippen MR) is 185 cm³/mol. The van der Waals surface area contributed by atoms with Gasteiger partial charge in [-0.3, -0.25) is 4.90 Å². The van der Waals surface area contributed by atoms with E-state index in [1.165, 1.54) is 24.3 Å². The average Bonchev–Trinajstić information content (AvgIpc) is 3.76. The second-order valence-electron chi connectivity index (χ2n) is 13.7. The van der Waals surface area contributed by atoms with E-state index in [2.05, 4.69) is 15.8 Å². The normalized spacial score (nSPS) is 20.8. The van der Waals surface area contributed by atoms with Crippen molar-refractivity contribution in [1.82, 2.24) is 24.8 Å². The lowest BCUT2D eigenvalue weighted by molar-refractivity contribution is 0.107. The van der Waals surface area contributed by atoms with E-state index in [1.54, 1.807) is 6.92 Å². The van der Waals surface area contributed by atoms with Crippen molar-refractivity contribution >= 4 is 38.5 Å². The highest BCUT2D eigenvalue weighted by Crippen LogP contribution is 2.42. The Hall–Kier alpha value is -5.54. The number of fused-ring (bicyclic) bond motifs is 4. The van der Waals surface area contributed by atoms with Crippen LogP contribution in [0, 0.1) is 25.1 Å². The van der Waals surface area contributed by atoms with E-state index in [9.17, 15) is 18.7 Å². The van der Waals surface area contributed by atoms with E-state index in [4.69, 9.17) is 30.5 Å². The molecule has 9 rings (SSSR count). The van der Waals surface area contributed by atoms with Crippen LogP contribution in [0.1, 0.15) is 42.1 Å². The van der Waals surface area contributed by atoms with Crippen molar-refractivity contribution < 1.29 is 23.0 Å². The number of ether oxygens (including phenoxy) is 1. The maximum Gasteiger partial charge on any atom is 0.349 e. The van der Waals surface area contributed by atoms with Gasteiger partial charge in [-0.2, -0.15) is 9.97 Å². The molecule has 252 valence electrons. The zero-order valence-electron chi connectivity index (χ0n) is 27.2. The number of nitrogens with one attached hydrogen (secondary N) is 1. The van der Waals surface area contributed by atoms with Crippen LogP contribution in [0.5, 0.6) is 11.8 Å². The number of rotatable bonds is 6. The number of aromatic amines is 1. The zero-order chi connectivity index (χ0) is 34.3.